The van der Waals surface area contributed by atoms with E-state index in [2.05, 4.69) is 24.1 Å². The van der Waals surface area contributed by atoms with Crippen molar-refractivity contribution in [3.8, 4) is 0 Å². The largest absolute Gasteiger partial charge is 0.463 e. The highest BCUT2D eigenvalue weighted by molar-refractivity contribution is 7.91. The van der Waals surface area contributed by atoms with Crippen LogP contribution in [0.5, 0.6) is 0 Å². The SMILES string of the molecule is CCOC(=O)C(CS(=O)(=O)c1ccc(Cl)cc1)OC(=O)Nc1ccc(N(CC)CC)cc1C. The third-order valence-corrected chi connectivity index (χ3v) is 6.90. The molecular weight excluding hydrogens is 468 g/mol. The number of anilines is 2. The second kappa shape index (κ2) is 11.9. The summed E-state index contributed by atoms with van der Waals surface area (Å²) in [5.41, 5.74) is 2.28. The fraction of sp³-hybridized carbons (Fsp3) is 0.391. The molecular formula is C23H29ClN2O6S. The Hall–Kier alpha value is -2.78. The highest BCUT2D eigenvalue weighted by Crippen LogP contribution is 2.23. The van der Waals surface area contributed by atoms with Crippen molar-refractivity contribution < 1.29 is 27.5 Å². The minimum absolute atomic E-state index is 0.00717. The molecule has 0 aliphatic heterocycles. The number of hydrogen-bond donors (Lipinski definition) is 1. The molecule has 1 atom stereocenters. The summed E-state index contributed by atoms with van der Waals surface area (Å²) in [5.74, 6) is -1.71. The molecule has 33 heavy (non-hydrogen) atoms. The molecule has 1 amide bonds. The van der Waals surface area contributed by atoms with Crippen molar-refractivity contribution in [2.24, 2.45) is 0 Å². The molecule has 1 N–H and O–H groups in total. The molecule has 2 rings (SSSR count). The van der Waals surface area contributed by atoms with Crippen molar-refractivity contribution in [2.75, 3.05) is 35.7 Å². The van der Waals surface area contributed by atoms with Crippen LogP contribution in [0.4, 0.5) is 16.2 Å². The van der Waals surface area contributed by atoms with Crippen molar-refractivity contribution in [3.63, 3.8) is 0 Å². The van der Waals surface area contributed by atoms with Gasteiger partial charge in [-0.15, -0.1) is 0 Å². The van der Waals surface area contributed by atoms with Crippen LogP contribution in [0.25, 0.3) is 0 Å². The van der Waals surface area contributed by atoms with Gasteiger partial charge in [-0.2, -0.15) is 0 Å². The first-order chi connectivity index (χ1) is 15.6. The average Bonchev–Trinajstić information content (AvgIpc) is 2.76. The lowest BCUT2D eigenvalue weighted by atomic mass is 10.1. The molecule has 0 saturated heterocycles. The second-order valence-electron chi connectivity index (χ2n) is 7.18. The van der Waals surface area contributed by atoms with Gasteiger partial charge in [0.2, 0.25) is 6.10 Å². The Morgan fingerprint density at radius 3 is 2.24 bits per heavy atom. The van der Waals surface area contributed by atoms with Gasteiger partial charge < -0.3 is 14.4 Å². The molecule has 2 aromatic carbocycles. The number of sulfone groups is 1. The highest BCUT2D eigenvalue weighted by atomic mass is 35.5. The van der Waals surface area contributed by atoms with Crippen molar-refractivity contribution >= 4 is 44.9 Å². The summed E-state index contributed by atoms with van der Waals surface area (Å²) in [6.07, 6.45) is -2.60. The highest BCUT2D eigenvalue weighted by Gasteiger charge is 2.31. The monoisotopic (exact) mass is 496 g/mol. The van der Waals surface area contributed by atoms with Crippen molar-refractivity contribution in [1.29, 1.82) is 0 Å². The number of nitrogens with one attached hydrogen (secondary N) is 1. The lowest BCUT2D eigenvalue weighted by molar-refractivity contribution is -0.151. The third kappa shape index (κ3) is 7.36. The smallest absolute Gasteiger partial charge is 0.412 e. The Labute approximate surface area is 199 Å². The molecule has 0 aromatic heterocycles. The van der Waals surface area contributed by atoms with Crippen LogP contribution >= 0.6 is 11.6 Å². The summed E-state index contributed by atoms with van der Waals surface area (Å²) in [7, 11) is -3.96. The van der Waals surface area contributed by atoms with E-state index in [1.807, 2.05) is 19.1 Å². The normalized spacial score (nSPS) is 12.0. The second-order valence-corrected chi connectivity index (χ2v) is 9.65. The van der Waals surface area contributed by atoms with Gasteiger partial charge in [-0.25, -0.2) is 18.0 Å². The van der Waals surface area contributed by atoms with Crippen LogP contribution in [-0.2, 0) is 24.1 Å². The van der Waals surface area contributed by atoms with Crippen LogP contribution in [0.1, 0.15) is 26.3 Å². The number of ether oxygens (including phenoxy) is 2. The van der Waals surface area contributed by atoms with Gasteiger partial charge in [-0.1, -0.05) is 11.6 Å². The Morgan fingerprint density at radius 1 is 1.06 bits per heavy atom. The Balaban J connectivity index is 2.17. The van der Waals surface area contributed by atoms with Crippen LogP contribution < -0.4 is 10.2 Å². The molecule has 0 spiro atoms. The number of carbonyl (C=O) groups is 2. The lowest BCUT2D eigenvalue weighted by Gasteiger charge is -2.22. The number of amides is 1. The predicted molar refractivity (Wildman–Crippen MR) is 129 cm³/mol. The maximum Gasteiger partial charge on any atom is 0.412 e. The van der Waals surface area contributed by atoms with Gasteiger partial charge in [0.05, 0.1) is 11.5 Å². The Bertz CT molecular complexity index is 1070. The van der Waals surface area contributed by atoms with Gasteiger partial charge in [0.15, 0.2) is 9.84 Å². The fourth-order valence-electron chi connectivity index (χ4n) is 3.16. The molecule has 0 bridgehead atoms. The van der Waals surface area contributed by atoms with Crippen molar-refractivity contribution in [2.45, 2.75) is 38.7 Å². The summed E-state index contributed by atoms with van der Waals surface area (Å²) in [5, 5.41) is 2.94. The van der Waals surface area contributed by atoms with Crippen LogP contribution in [0, 0.1) is 6.92 Å². The number of aryl methyl sites for hydroxylation is 1. The van der Waals surface area contributed by atoms with Crippen molar-refractivity contribution in [3.05, 3.63) is 53.1 Å². The lowest BCUT2D eigenvalue weighted by Crippen LogP contribution is -2.37. The summed E-state index contributed by atoms with van der Waals surface area (Å²) < 4.78 is 35.6. The molecule has 1 unspecified atom stereocenters. The van der Waals surface area contributed by atoms with Gasteiger partial charge in [0, 0.05) is 29.5 Å². The first-order valence-electron chi connectivity index (χ1n) is 10.6. The quantitative estimate of drug-likeness (QED) is 0.485. The topological polar surface area (TPSA) is 102 Å². The third-order valence-electron chi connectivity index (χ3n) is 4.92. The molecule has 0 saturated carbocycles. The minimum Gasteiger partial charge on any atom is -0.463 e. The van der Waals surface area contributed by atoms with E-state index in [9.17, 15) is 18.0 Å². The van der Waals surface area contributed by atoms with E-state index in [0.717, 1.165) is 24.3 Å². The molecule has 0 radical (unpaired) electrons. The number of esters is 1. The molecule has 0 aliphatic carbocycles. The van der Waals surface area contributed by atoms with Crippen LogP contribution in [-0.4, -0.2) is 52.0 Å². The van der Waals surface area contributed by atoms with Gasteiger partial charge in [-0.05, 0) is 75.7 Å². The molecule has 8 nitrogen and oxygen atoms in total. The summed E-state index contributed by atoms with van der Waals surface area (Å²) >= 11 is 5.81. The minimum atomic E-state index is -3.96. The van der Waals surface area contributed by atoms with E-state index in [1.54, 1.807) is 13.0 Å². The summed E-state index contributed by atoms with van der Waals surface area (Å²) in [6.45, 7) is 9.20. The van der Waals surface area contributed by atoms with Gasteiger partial charge in [0.1, 0.15) is 5.75 Å². The first-order valence-corrected chi connectivity index (χ1v) is 12.6. The molecule has 0 fully saturated rings. The fourth-order valence-corrected chi connectivity index (χ4v) is 4.64. The Kier molecular flexibility index (Phi) is 9.55. The zero-order chi connectivity index (χ0) is 24.6. The predicted octanol–water partition coefficient (Wildman–Crippen LogP) is 4.45. The van der Waals surface area contributed by atoms with E-state index >= 15 is 0 Å². The Morgan fingerprint density at radius 2 is 1.70 bits per heavy atom. The van der Waals surface area contributed by atoms with E-state index in [0.29, 0.717) is 10.7 Å². The maximum absolute atomic E-state index is 12.7. The average molecular weight is 497 g/mol. The van der Waals surface area contributed by atoms with Crippen LogP contribution in [0.15, 0.2) is 47.4 Å². The van der Waals surface area contributed by atoms with Crippen molar-refractivity contribution in [1.82, 2.24) is 0 Å². The van der Waals surface area contributed by atoms with E-state index in [-0.39, 0.29) is 11.5 Å². The molecule has 0 heterocycles. The first kappa shape index (κ1) is 26.5. The maximum atomic E-state index is 12.7. The number of benzene rings is 2. The summed E-state index contributed by atoms with van der Waals surface area (Å²) in [6, 6.07) is 11.0. The number of carbonyl (C=O) groups excluding carboxylic acids is 2. The molecule has 10 heteroatoms. The number of hydrogen-bond acceptors (Lipinski definition) is 7. The van der Waals surface area contributed by atoms with E-state index in [4.69, 9.17) is 21.1 Å². The van der Waals surface area contributed by atoms with Crippen LogP contribution in [0.2, 0.25) is 5.02 Å². The zero-order valence-corrected chi connectivity index (χ0v) is 20.7. The van der Waals surface area contributed by atoms with Gasteiger partial charge in [0.25, 0.3) is 0 Å². The van der Waals surface area contributed by atoms with Crippen LogP contribution in [0.3, 0.4) is 0 Å². The number of nitrogens with zero attached hydrogens (tertiary/aromatic N) is 1. The number of halogens is 1. The standard InChI is InChI=1S/C23H29ClN2O6S/c1-5-26(6-2)18-10-13-20(16(4)14-18)25-23(28)32-21(22(27)31-7-3)15-33(29,30)19-11-8-17(24)9-12-19/h8-14,21H,5-7,15H2,1-4H3,(H,25,28). The zero-order valence-electron chi connectivity index (χ0n) is 19.1. The van der Waals surface area contributed by atoms with E-state index < -0.39 is 33.8 Å². The van der Waals surface area contributed by atoms with Gasteiger partial charge in [-0.3, -0.25) is 5.32 Å². The summed E-state index contributed by atoms with van der Waals surface area (Å²) in [4.78, 5) is 27.0. The van der Waals surface area contributed by atoms with Gasteiger partial charge >= 0.3 is 12.1 Å². The molecule has 0 aliphatic rings. The molecule has 180 valence electrons. The molecule has 2 aromatic rings. The number of rotatable bonds is 10. The van der Waals surface area contributed by atoms with E-state index in [1.165, 1.54) is 24.3 Å².